The summed E-state index contributed by atoms with van der Waals surface area (Å²) in [6.45, 7) is 5.87. The molecule has 0 spiro atoms. The molecule has 0 unspecified atom stereocenters. The monoisotopic (exact) mass is 883 g/mol. The molecule has 2 aromatic rings. The SMILES string of the molecule is CC[C@@H]1C[C@H](C)CC/C=C\[C@@H]2C[C@@]2(C(=O)NS(=O)(=O)C2(C)CC2)NC(=O)[C@@H]2C[C@@H](Oc3cc(OC)nc4cc(OC)c(F)cc34)CN2C(=O)[C@H]1N(C(=O)O)C(C)(C)C(F)(F)F. The smallest absolute Gasteiger partial charge is 0.411 e. The summed E-state index contributed by atoms with van der Waals surface area (Å²) in [4.78, 5) is 62.4. The van der Waals surface area contributed by atoms with Crippen LogP contribution in [0.25, 0.3) is 10.9 Å². The van der Waals surface area contributed by atoms with Crippen LogP contribution >= 0.6 is 0 Å². The fourth-order valence-electron chi connectivity index (χ4n) is 8.48. The number of alkyl halides is 3. The van der Waals surface area contributed by atoms with Gasteiger partial charge in [0.1, 0.15) is 35.0 Å². The number of aromatic nitrogens is 1. The number of fused-ring (bicyclic) bond motifs is 3. The predicted molar refractivity (Wildman–Crippen MR) is 213 cm³/mol. The fourth-order valence-corrected chi connectivity index (χ4v) is 9.79. The quantitative estimate of drug-likeness (QED) is 0.196. The van der Waals surface area contributed by atoms with Crippen molar-refractivity contribution < 1.29 is 64.5 Å². The molecule has 2 aliphatic heterocycles. The van der Waals surface area contributed by atoms with Gasteiger partial charge in [-0.25, -0.2) is 22.6 Å². The number of rotatable bonds is 10. The Morgan fingerprint density at radius 3 is 2.38 bits per heavy atom. The Balaban J connectivity index is 1.46. The number of amides is 4. The minimum absolute atomic E-state index is 0.00759. The van der Waals surface area contributed by atoms with Gasteiger partial charge in [0.05, 0.1) is 31.0 Å². The zero-order chi connectivity index (χ0) is 45.0. The van der Waals surface area contributed by atoms with Crippen LogP contribution in [0.3, 0.4) is 0 Å². The van der Waals surface area contributed by atoms with Gasteiger partial charge >= 0.3 is 12.3 Å². The number of pyridine rings is 1. The highest BCUT2D eigenvalue weighted by atomic mass is 32.2. The van der Waals surface area contributed by atoms with Crippen LogP contribution in [0.4, 0.5) is 22.4 Å². The standard InChI is InChI=1S/C41H53F4N5O10S/c1-8-23-15-22(2)11-9-10-12-24-20-40(24,36(53)48-61(56,57)39(5)13-14-39)47-34(51)29-16-25(21-49(29)35(52)33(23)50(37(54)55)38(3,4)41(43,44)45)60-30-19-32(59-7)46-28-18-31(58-6)27(42)17-26(28)30/h10,12,17-19,22-25,29,33H,8-9,11,13-16,20-21H2,1-7H3,(H,47,51)(H,48,53)(H,54,55)/b12-10-/t22-,23-,24-,25-,29+,33+,40-/m1/s1. The topological polar surface area (TPSA) is 194 Å². The van der Waals surface area contributed by atoms with E-state index in [1.165, 1.54) is 33.3 Å². The molecule has 4 amide bonds. The van der Waals surface area contributed by atoms with Gasteiger partial charge in [0.2, 0.25) is 27.7 Å². The molecule has 336 valence electrons. The second-order valence-electron chi connectivity index (χ2n) is 17.5. The fraction of sp³-hybridized carbons (Fsp3) is 0.634. The molecule has 20 heteroatoms. The van der Waals surface area contributed by atoms with Gasteiger partial charge in [-0.1, -0.05) is 32.4 Å². The average molecular weight is 884 g/mol. The molecule has 3 heterocycles. The normalized spacial score (nSPS) is 28.6. The number of ether oxygens (including phenoxy) is 3. The Bertz CT molecular complexity index is 2220. The van der Waals surface area contributed by atoms with Crippen molar-refractivity contribution in [3.8, 4) is 17.4 Å². The van der Waals surface area contributed by atoms with E-state index in [2.05, 4.69) is 15.0 Å². The first-order valence-corrected chi connectivity index (χ1v) is 21.8. The predicted octanol–water partition coefficient (Wildman–Crippen LogP) is 5.70. The molecule has 4 aliphatic rings. The molecule has 1 aromatic carbocycles. The summed E-state index contributed by atoms with van der Waals surface area (Å²) >= 11 is 0. The molecule has 7 atom stereocenters. The second-order valence-corrected chi connectivity index (χ2v) is 19.7. The summed E-state index contributed by atoms with van der Waals surface area (Å²) in [7, 11) is -1.56. The average Bonchev–Trinajstić information content (AvgIpc) is 4.06. The number of carbonyl (C=O) groups excluding carboxylic acids is 3. The number of nitrogens with zero attached hydrogens (tertiary/aromatic N) is 3. The summed E-state index contributed by atoms with van der Waals surface area (Å²) in [5.41, 5.74) is -4.66. The highest BCUT2D eigenvalue weighted by molar-refractivity contribution is 7.91. The Morgan fingerprint density at radius 2 is 1.79 bits per heavy atom. The molecule has 0 bridgehead atoms. The Kier molecular flexibility index (Phi) is 12.3. The molecule has 2 saturated carbocycles. The van der Waals surface area contributed by atoms with E-state index >= 15 is 9.18 Å². The largest absolute Gasteiger partial charge is 0.494 e. The first kappa shape index (κ1) is 45.6. The van der Waals surface area contributed by atoms with Crippen molar-refractivity contribution >= 4 is 44.7 Å². The zero-order valence-corrected chi connectivity index (χ0v) is 35.9. The molecule has 61 heavy (non-hydrogen) atoms. The van der Waals surface area contributed by atoms with Crippen molar-refractivity contribution in [2.45, 2.75) is 126 Å². The highest BCUT2D eigenvalue weighted by Crippen LogP contribution is 2.48. The van der Waals surface area contributed by atoms with Crippen LogP contribution in [0.15, 0.2) is 30.4 Å². The first-order chi connectivity index (χ1) is 28.4. The molecule has 1 saturated heterocycles. The van der Waals surface area contributed by atoms with Gasteiger partial charge in [0.25, 0.3) is 5.91 Å². The third-order valence-corrected chi connectivity index (χ3v) is 15.0. The number of sulfonamides is 1. The van der Waals surface area contributed by atoms with E-state index < -0.39 is 98.2 Å². The lowest BCUT2D eigenvalue weighted by Crippen LogP contribution is -2.66. The minimum Gasteiger partial charge on any atom is -0.494 e. The maximum Gasteiger partial charge on any atom is 0.411 e. The van der Waals surface area contributed by atoms with E-state index in [4.69, 9.17) is 14.2 Å². The number of carbonyl (C=O) groups is 4. The number of hydrogen-bond donors (Lipinski definition) is 3. The molecular formula is C41H53F4N5O10S. The summed E-state index contributed by atoms with van der Waals surface area (Å²) < 4.78 is 104. The second kappa shape index (κ2) is 16.4. The van der Waals surface area contributed by atoms with Crippen LogP contribution in [0.5, 0.6) is 17.4 Å². The van der Waals surface area contributed by atoms with Gasteiger partial charge in [0.15, 0.2) is 11.6 Å². The van der Waals surface area contributed by atoms with Crippen LogP contribution in [0, 0.1) is 23.6 Å². The number of halogens is 4. The Labute approximate surface area is 351 Å². The van der Waals surface area contributed by atoms with E-state index in [1.807, 2.05) is 6.92 Å². The molecular weight excluding hydrogens is 831 g/mol. The van der Waals surface area contributed by atoms with Gasteiger partial charge < -0.3 is 29.5 Å². The van der Waals surface area contributed by atoms with E-state index in [0.717, 1.165) is 11.0 Å². The molecule has 6 rings (SSSR count). The summed E-state index contributed by atoms with van der Waals surface area (Å²) in [5.74, 6) is -5.70. The molecule has 3 fully saturated rings. The number of carboxylic acid groups (broad SMARTS) is 1. The third-order valence-electron chi connectivity index (χ3n) is 12.9. The lowest BCUT2D eigenvalue weighted by Gasteiger charge is -2.46. The van der Waals surface area contributed by atoms with Crippen molar-refractivity contribution in [3.05, 3.63) is 36.2 Å². The zero-order valence-electron chi connectivity index (χ0n) is 35.1. The van der Waals surface area contributed by atoms with Gasteiger partial charge in [-0.3, -0.25) is 24.0 Å². The van der Waals surface area contributed by atoms with Crippen molar-refractivity contribution in [2.24, 2.45) is 17.8 Å². The van der Waals surface area contributed by atoms with E-state index in [1.54, 1.807) is 19.1 Å². The summed E-state index contributed by atoms with van der Waals surface area (Å²) in [6, 6.07) is 0.250. The van der Waals surface area contributed by atoms with E-state index in [-0.39, 0.29) is 64.8 Å². The van der Waals surface area contributed by atoms with Crippen LogP contribution in [-0.2, 0) is 24.4 Å². The van der Waals surface area contributed by atoms with Crippen molar-refractivity contribution in [1.29, 1.82) is 0 Å². The Hall–Kier alpha value is -4.88. The molecule has 0 radical (unpaired) electrons. The maximum absolute atomic E-state index is 15.2. The van der Waals surface area contributed by atoms with Crippen LogP contribution in [-0.4, -0.2) is 113 Å². The molecule has 2 aliphatic carbocycles. The number of allylic oxidation sites excluding steroid dienone is 1. The molecule has 1 aromatic heterocycles. The van der Waals surface area contributed by atoms with Crippen molar-refractivity contribution in [1.82, 2.24) is 24.8 Å². The first-order valence-electron chi connectivity index (χ1n) is 20.3. The van der Waals surface area contributed by atoms with Crippen molar-refractivity contribution in [3.63, 3.8) is 0 Å². The van der Waals surface area contributed by atoms with Gasteiger partial charge in [-0.2, -0.15) is 13.2 Å². The number of benzene rings is 1. The number of nitrogens with one attached hydrogen (secondary N) is 2. The van der Waals surface area contributed by atoms with E-state index in [0.29, 0.717) is 39.5 Å². The van der Waals surface area contributed by atoms with Gasteiger partial charge in [0, 0.05) is 29.9 Å². The number of methoxy groups -OCH3 is 2. The minimum atomic E-state index is -5.14. The highest BCUT2D eigenvalue weighted by Gasteiger charge is 2.64. The van der Waals surface area contributed by atoms with Crippen LogP contribution < -0.4 is 24.2 Å². The lowest BCUT2D eigenvalue weighted by atomic mass is 9.82. The van der Waals surface area contributed by atoms with Crippen LogP contribution in [0.1, 0.15) is 86.0 Å². The van der Waals surface area contributed by atoms with Crippen LogP contribution in [0.2, 0.25) is 0 Å². The molecule has 3 N–H and O–H groups in total. The lowest BCUT2D eigenvalue weighted by molar-refractivity contribution is -0.222. The van der Waals surface area contributed by atoms with Crippen molar-refractivity contribution in [2.75, 3.05) is 20.8 Å². The van der Waals surface area contributed by atoms with E-state index in [9.17, 15) is 41.1 Å². The van der Waals surface area contributed by atoms with Gasteiger partial charge in [-0.15, -0.1) is 0 Å². The number of hydrogen-bond acceptors (Lipinski definition) is 10. The third kappa shape index (κ3) is 8.65. The molecule has 15 nitrogen and oxygen atoms in total. The Morgan fingerprint density at radius 1 is 1.10 bits per heavy atom. The summed E-state index contributed by atoms with van der Waals surface area (Å²) in [6.07, 6.45) is -3.27. The maximum atomic E-state index is 15.2. The summed E-state index contributed by atoms with van der Waals surface area (Å²) in [5, 5.41) is 13.4. The van der Waals surface area contributed by atoms with Gasteiger partial charge in [-0.05, 0) is 77.2 Å².